The van der Waals surface area contributed by atoms with Crippen LogP contribution in [0, 0.1) is 0 Å². The molecule has 0 N–H and O–H groups in total. The summed E-state index contributed by atoms with van der Waals surface area (Å²) in [5.41, 5.74) is 12.4. The number of rotatable bonds is 5. The van der Waals surface area contributed by atoms with E-state index >= 15 is 0 Å². The monoisotopic (exact) mass is 705 g/mol. The summed E-state index contributed by atoms with van der Waals surface area (Å²) in [5, 5.41) is 7.56. The molecule has 0 atom stereocenters. The molecule has 54 heavy (non-hydrogen) atoms. The van der Waals surface area contributed by atoms with E-state index in [0.717, 1.165) is 5.69 Å². The molecule has 0 radical (unpaired) electrons. The summed E-state index contributed by atoms with van der Waals surface area (Å²) >= 11 is 1.88. The highest BCUT2D eigenvalue weighted by Gasteiger charge is 2.40. The Morgan fingerprint density at radius 1 is 0.426 bits per heavy atom. The average Bonchev–Trinajstić information content (AvgIpc) is 3.75. The molecule has 10 aromatic rings. The minimum Gasteiger partial charge on any atom is -0.309 e. The van der Waals surface area contributed by atoms with Crippen LogP contribution in [0.4, 0.5) is 17.1 Å². The third-order valence-electron chi connectivity index (χ3n) is 11.7. The van der Waals surface area contributed by atoms with Crippen LogP contribution in [0.1, 0.15) is 23.6 Å². The third kappa shape index (κ3) is 4.57. The Hall–Kier alpha value is -6.48. The summed E-state index contributed by atoms with van der Waals surface area (Å²) in [6.07, 6.45) is 0. The van der Waals surface area contributed by atoms with Gasteiger partial charge in [0.05, 0.1) is 11.4 Å². The quantitative estimate of drug-likeness (QED) is 0.161. The zero-order chi connectivity index (χ0) is 35.8. The number of hydrogen-bond acceptors (Lipinski definition) is 2. The van der Waals surface area contributed by atoms with E-state index in [1.807, 2.05) is 11.3 Å². The number of thiophene rings is 1. The highest BCUT2D eigenvalue weighted by Crippen LogP contribution is 2.54. The molecule has 0 spiro atoms. The maximum Gasteiger partial charge on any atom is 0.0555 e. The van der Waals surface area contributed by atoms with Crippen molar-refractivity contribution in [1.29, 1.82) is 0 Å². The lowest BCUT2D eigenvalue weighted by atomic mass is 9.74. The first-order valence-electron chi connectivity index (χ1n) is 18.7. The topological polar surface area (TPSA) is 3.24 Å². The van der Waals surface area contributed by atoms with E-state index in [4.69, 9.17) is 0 Å². The van der Waals surface area contributed by atoms with Crippen LogP contribution in [0.3, 0.4) is 0 Å². The van der Waals surface area contributed by atoms with Crippen LogP contribution in [-0.4, -0.2) is 0 Å². The molecule has 2 heteroatoms. The van der Waals surface area contributed by atoms with Crippen LogP contribution >= 0.6 is 11.3 Å². The van der Waals surface area contributed by atoms with Crippen molar-refractivity contribution in [3.63, 3.8) is 0 Å². The highest BCUT2D eigenvalue weighted by atomic mass is 32.1. The van der Waals surface area contributed by atoms with Crippen LogP contribution < -0.4 is 4.90 Å². The molecular formula is C52H35NS. The van der Waals surface area contributed by atoms with Gasteiger partial charge >= 0.3 is 0 Å². The summed E-state index contributed by atoms with van der Waals surface area (Å²) in [4.78, 5) is 2.51. The number of nitrogens with zero attached hydrogens (tertiary/aromatic N) is 1. The lowest BCUT2D eigenvalue weighted by molar-refractivity contribution is 0.715. The van der Waals surface area contributed by atoms with Crippen LogP contribution in [0.15, 0.2) is 194 Å². The molecule has 0 amide bonds. The molecule has 1 aliphatic carbocycles. The minimum absolute atomic E-state index is 0.272. The van der Waals surface area contributed by atoms with Gasteiger partial charge in [0.15, 0.2) is 0 Å². The second-order valence-corrected chi connectivity index (χ2v) is 15.7. The standard InChI is InChI=1S/C52H35NS/c1-52(45-22-11-9-19-41(45)42-20-10-12-23-46(42)52)37-28-31-49-44(33-37)51-47(24-13-25-50(51)54-49)53(38-29-26-35(27-30-38)34-14-3-2-4-15-34)48-32-36-16-5-6-17-39(36)40-18-7-8-21-43(40)48/h2-33H,1H3. The second-order valence-electron chi connectivity index (χ2n) is 14.6. The lowest BCUT2D eigenvalue weighted by Crippen LogP contribution is -2.22. The van der Waals surface area contributed by atoms with Gasteiger partial charge in [-0.05, 0) is 104 Å². The van der Waals surface area contributed by atoms with Gasteiger partial charge in [-0.25, -0.2) is 0 Å². The normalized spacial score (nSPS) is 13.1. The fraction of sp³-hybridized carbons (Fsp3) is 0.0385. The third-order valence-corrected chi connectivity index (χ3v) is 12.9. The maximum absolute atomic E-state index is 2.51. The Morgan fingerprint density at radius 3 is 1.81 bits per heavy atom. The SMILES string of the molecule is CC1(c2ccc3sc4cccc(N(c5ccc(-c6ccccc6)cc5)c5cc6ccccc6c6ccccc56)c4c3c2)c2ccccc2-c2ccccc21. The van der Waals surface area contributed by atoms with Gasteiger partial charge in [-0.15, -0.1) is 11.3 Å². The highest BCUT2D eigenvalue weighted by molar-refractivity contribution is 7.26. The van der Waals surface area contributed by atoms with Crippen molar-refractivity contribution >= 4 is 70.1 Å². The van der Waals surface area contributed by atoms with Crippen LogP contribution in [-0.2, 0) is 5.41 Å². The van der Waals surface area contributed by atoms with E-state index in [1.165, 1.54) is 92.0 Å². The van der Waals surface area contributed by atoms with Crippen molar-refractivity contribution in [2.75, 3.05) is 4.90 Å². The van der Waals surface area contributed by atoms with Crippen molar-refractivity contribution < 1.29 is 0 Å². The van der Waals surface area contributed by atoms with Crippen molar-refractivity contribution in [1.82, 2.24) is 0 Å². The molecule has 11 rings (SSSR count). The molecular weight excluding hydrogens is 671 g/mol. The molecule has 254 valence electrons. The fourth-order valence-corrected chi connectivity index (χ4v) is 10.2. The van der Waals surface area contributed by atoms with E-state index < -0.39 is 0 Å². The van der Waals surface area contributed by atoms with Crippen LogP contribution in [0.25, 0.3) is 64.0 Å². The smallest absolute Gasteiger partial charge is 0.0555 e. The fourth-order valence-electron chi connectivity index (χ4n) is 9.13. The van der Waals surface area contributed by atoms with Crippen molar-refractivity contribution in [3.05, 3.63) is 211 Å². The molecule has 0 fully saturated rings. The molecule has 0 aliphatic heterocycles. The van der Waals surface area contributed by atoms with Crippen LogP contribution in [0.2, 0.25) is 0 Å². The van der Waals surface area contributed by atoms with Gasteiger partial charge < -0.3 is 4.90 Å². The van der Waals surface area contributed by atoms with Gasteiger partial charge in [0, 0.05) is 36.7 Å². The molecule has 1 nitrogen and oxygen atoms in total. The molecule has 0 saturated heterocycles. The molecule has 9 aromatic carbocycles. The molecule has 1 heterocycles. The first-order chi connectivity index (χ1) is 26.7. The van der Waals surface area contributed by atoms with Gasteiger partial charge in [-0.3, -0.25) is 0 Å². The van der Waals surface area contributed by atoms with Crippen molar-refractivity contribution in [2.24, 2.45) is 0 Å². The zero-order valence-corrected chi connectivity index (χ0v) is 30.6. The Balaban J connectivity index is 1.18. The summed E-state index contributed by atoms with van der Waals surface area (Å²) in [7, 11) is 0. The first-order valence-corrected chi connectivity index (χ1v) is 19.5. The van der Waals surface area contributed by atoms with E-state index in [9.17, 15) is 0 Å². The van der Waals surface area contributed by atoms with E-state index in [2.05, 4.69) is 206 Å². The molecule has 0 bridgehead atoms. The first kappa shape index (κ1) is 31.1. The van der Waals surface area contributed by atoms with Crippen molar-refractivity contribution in [3.8, 4) is 22.3 Å². The van der Waals surface area contributed by atoms with Gasteiger partial charge in [0.2, 0.25) is 0 Å². The summed E-state index contributed by atoms with van der Waals surface area (Å²) in [6, 6.07) is 71.8. The predicted octanol–water partition coefficient (Wildman–Crippen LogP) is 14.8. The predicted molar refractivity (Wildman–Crippen MR) is 232 cm³/mol. The van der Waals surface area contributed by atoms with Crippen LogP contribution in [0.5, 0.6) is 0 Å². The maximum atomic E-state index is 2.51. The summed E-state index contributed by atoms with van der Waals surface area (Å²) in [5.74, 6) is 0. The molecule has 1 aliphatic rings. The molecule has 0 saturated carbocycles. The Labute approximate surface area is 319 Å². The zero-order valence-electron chi connectivity index (χ0n) is 29.8. The lowest BCUT2D eigenvalue weighted by Gasteiger charge is -2.29. The minimum atomic E-state index is -0.272. The average molecular weight is 706 g/mol. The van der Waals surface area contributed by atoms with Gasteiger partial charge in [-0.2, -0.15) is 0 Å². The molecule has 0 unspecified atom stereocenters. The van der Waals surface area contributed by atoms with Gasteiger partial charge in [0.25, 0.3) is 0 Å². The van der Waals surface area contributed by atoms with E-state index in [-0.39, 0.29) is 5.41 Å². The van der Waals surface area contributed by atoms with E-state index in [0.29, 0.717) is 0 Å². The van der Waals surface area contributed by atoms with Gasteiger partial charge in [0.1, 0.15) is 0 Å². The van der Waals surface area contributed by atoms with Gasteiger partial charge in [-0.1, -0.05) is 152 Å². The summed E-state index contributed by atoms with van der Waals surface area (Å²) in [6.45, 7) is 2.41. The number of fused-ring (bicyclic) bond motifs is 9. The van der Waals surface area contributed by atoms with E-state index in [1.54, 1.807) is 0 Å². The largest absolute Gasteiger partial charge is 0.309 e. The Bertz CT molecular complexity index is 3020. The Kier molecular flexibility index (Phi) is 6.92. The second kappa shape index (κ2) is 12.0. The Morgan fingerprint density at radius 2 is 1.06 bits per heavy atom. The number of hydrogen-bond donors (Lipinski definition) is 0. The number of benzene rings is 9. The summed E-state index contributed by atoms with van der Waals surface area (Å²) < 4.78 is 2.58. The number of anilines is 3. The van der Waals surface area contributed by atoms with Crippen molar-refractivity contribution in [2.45, 2.75) is 12.3 Å². The molecule has 1 aromatic heterocycles.